The second-order valence-electron chi connectivity index (χ2n) is 17.5. The van der Waals surface area contributed by atoms with E-state index in [9.17, 15) is 19.5 Å². The molecule has 9 rings (SSSR count). The lowest BCUT2D eigenvalue weighted by atomic mass is 9.47. The Hall–Kier alpha value is -4.98. The molecule has 1 saturated carbocycles. The highest BCUT2D eigenvalue weighted by Gasteiger charge is 2.80. The number of nitrogens with one attached hydrogen (secondary N) is 2. The Balaban J connectivity index is 1.39. The molecule has 1 spiro atoms. The Labute approximate surface area is 344 Å². The average molecular weight is 806 g/mol. The number of hydrogen-bond donors (Lipinski definition) is 3. The monoisotopic (exact) mass is 805 g/mol. The van der Waals surface area contributed by atoms with Crippen molar-refractivity contribution >= 4 is 40.8 Å². The molecule has 9 atom stereocenters. The van der Waals surface area contributed by atoms with Gasteiger partial charge >= 0.3 is 11.9 Å². The maximum Gasteiger partial charge on any atom is 0.322 e. The molecular formula is C46H55N5O8. The molecule has 6 heterocycles. The highest BCUT2D eigenvalue weighted by molar-refractivity contribution is 5.97. The number of likely N-dealkylation sites (N-methyl/N-ethyl adjacent to an activating group) is 1. The van der Waals surface area contributed by atoms with Gasteiger partial charge in [-0.05, 0) is 67.8 Å². The van der Waals surface area contributed by atoms with Crippen molar-refractivity contribution in [1.82, 2.24) is 20.1 Å². The lowest BCUT2D eigenvalue weighted by Crippen LogP contribution is -2.82. The van der Waals surface area contributed by atoms with Gasteiger partial charge in [-0.1, -0.05) is 55.8 Å². The summed E-state index contributed by atoms with van der Waals surface area (Å²) in [5, 5.41) is 17.1. The minimum atomic E-state index is -2.40. The second kappa shape index (κ2) is 14.1. The van der Waals surface area contributed by atoms with E-state index in [2.05, 4.69) is 39.2 Å². The molecule has 5 aliphatic heterocycles. The van der Waals surface area contributed by atoms with Crippen molar-refractivity contribution in [3.63, 3.8) is 0 Å². The van der Waals surface area contributed by atoms with Gasteiger partial charge in [-0.25, -0.2) is 0 Å². The molecule has 6 aliphatic rings. The molecule has 13 nitrogen and oxygen atoms in total. The summed E-state index contributed by atoms with van der Waals surface area (Å²) in [6.45, 7) is 9.07. The van der Waals surface area contributed by atoms with Crippen LogP contribution in [-0.2, 0) is 45.9 Å². The van der Waals surface area contributed by atoms with Gasteiger partial charge < -0.3 is 34.5 Å². The molecule has 2 amide bonds. The number of rotatable bonds is 8. The molecule has 312 valence electrons. The van der Waals surface area contributed by atoms with E-state index in [1.165, 1.54) is 31.6 Å². The number of nitrogens with zero attached hydrogens (tertiary/aromatic N) is 3. The SMILES string of the molecule is CCC1=CC2CN(CCc3c([nH]c4ccccc34)C(C(=O)OC)(c3cc4c(cc3OC)N(C=O)C3C(O)(C(=O)NC)C(OC(C)=O)C5(CC)C=CCN6CCC43C65)C2)C1. The number of carbonyl (C=O) groups is 4. The van der Waals surface area contributed by atoms with Crippen LogP contribution in [-0.4, -0.2) is 122 Å². The van der Waals surface area contributed by atoms with Gasteiger partial charge in [0, 0.05) is 85.2 Å². The number of anilines is 1. The summed E-state index contributed by atoms with van der Waals surface area (Å²) in [7, 11) is 4.43. The first kappa shape index (κ1) is 39.5. The van der Waals surface area contributed by atoms with Crippen LogP contribution in [0.4, 0.5) is 5.69 Å². The number of aliphatic hydroxyl groups is 1. The molecule has 2 aromatic carbocycles. The van der Waals surface area contributed by atoms with Crippen LogP contribution >= 0.6 is 0 Å². The molecule has 0 radical (unpaired) electrons. The Morgan fingerprint density at radius 1 is 1.08 bits per heavy atom. The third kappa shape index (κ3) is 5.13. The smallest absolute Gasteiger partial charge is 0.322 e. The van der Waals surface area contributed by atoms with E-state index >= 15 is 4.79 Å². The van der Waals surface area contributed by atoms with Gasteiger partial charge in [0.25, 0.3) is 5.91 Å². The predicted molar refractivity (Wildman–Crippen MR) is 221 cm³/mol. The molecule has 3 N–H and O–H groups in total. The molecule has 1 aromatic heterocycles. The average Bonchev–Trinajstić information content (AvgIpc) is 3.92. The Bertz CT molecular complexity index is 2320. The lowest BCUT2D eigenvalue weighted by molar-refractivity contribution is -0.217. The third-order valence-corrected chi connectivity index (χ3v) is 15.0. The van der Waals surface area contributed by atoms with Crippen LogP contribution in [0, 0.1) is 11.3 Å². The Morgan fingerprint density at radius 3 is 2.58 bits per heavy atom. The van der Waals surface area contributed by atoms with E-state index < -0.39 is 57.9 Å². The maximum absolute atomic E-state index is 15.3. The van der Waals surface area contributed by atoms with Gasteiger partial charge in [-0.15, -0.1) is 0 Å². The first-order valence-electron chi connectivity index (χ1n) is 21.0. The number of carbonyl (C=O) groups excluding carboxylic acids is 4. The standard InChI is InChI=1S/C46H55N5O8/c1-7-28-20-29-23-45(42(55)58-6,37-31(14-18-49(24-28)25-29)30-12-9-10-13-34(30)48-37)33-21-32-35(22-36(33)57-5)51(26-52)39-44(32)16-19-50-17-11-15-43(8-2,38(44)50)40(59-27(3)53)46(39,56)41(54)47-4/h9-13,15,20-22,26,29,38-40,48,56H,7-8,14,16-19,23-25H2,1-6H3,(H,47,54). The van der Waals surface area contributed by atoms with Crippen molar-refractivity contribution < 1.29 is 38.5 Å². The number of ether oxygens (including phenoxy) is 3. The number of amides is 2. The normalized spacial score (nSPS) is 34.3. The van der Waals surface area contributed by atoms with Crippen molar-refractivity contribution in [2.75, 3.05) is 58.9 Å². The van der Waals surface area contributed by atoms with Crippen molar-refractivity contribution in [3.8, 4) is 5.75 Å². The molecule has 1 aliphatic carbocycles. The van der Waals surface area contributed by atoms with E-state index in [0.29, 0.717) is 62.2 Å². The van der Waals surface area contributed by atoms with Crippen LogP contribution < -0.4 is 15.0 Å². The summed E-state index contributed by atoms with van der Waals surface area (Å²) in [4.78, 5) is 66.5. The summed E-state index contributed by atoms with van der Waals surface area (Å²) in [5.74, 6) is -1.50. The van der Waals surface area contributed by atoms with Crippen LogP contribution in [0.2, 0.25) is 0 Å². The van der Waals surface area contributed by atoms with E-state index in [4.69, 9.17) is 14.2 Å². The second-order valence-corrected chi connectivity index (χ2v) is 17.5. The van der Waals surface area contributed by atoms with Gasteiger partial charge in [0.05, 0.1) is 25.9 Å². The number of benzene rings is 2. The summed E-state index contributed by atoms with van der Waals surface area (Å²) in [6.07, 6.45) is 8.57. The minimum absolute atomic E-state index is 0.0267. The third-order valence-electron chi connectivity index (χ3n) is 15.0. The van der Waals surface area contributed by atoms with Crippen LogP contribution in [0.5, 0.6) is 5.75 Å². The van der Waals surface area contributed by atoms with E-state index in [1.807, 2.05) is 43.3 Å². The van der Waals surface area contributed by atoms with Gasteiger partial charge in [0.1, 0.15) is 11.2 Å². The number of esters is 2. The Kier molecular flexibility index (Phi) is 9.41. The summed E-state index contributed by atoms with van der Waals surface area (Å²) >= 11 is 0. The summed E-state index contributed by atoms with van der Waals surface area (Å²) in [6, 6.07) is 10.4. The summed E-state index contributed by atoms with van der Waals surface area (Å²) < 4.78 is 18.4. The van der Waals surface area contributed by atoms with E-state index in [0.717, 1.165) is 53.8 Å². The fourth-order valence-electron chi connectivity index (χ4n) is 13.0. The van der Waals surface area contributed by atoms with Gasteiger partial charge in [0.15, 0.2) is 6.10 Å². The highest BCUT2D eigenvalue weighted by atomic mass is 16.6. The molecule has 1 saturated heterocycles. The van der Waals surface area contributed by atoms with Gasteiger partial charge in [-0.3, -0.25) is 29.0 Å². The zero-order chi connectivity index (χ0) is 41.6. The quantitative estimate of drug-likeness (QED) is 0.174. The maximum atomic E-state index is 15.3. The first-order chi connectivity index (χ1) is 28.4. The Morgan fingerprint density at radius 2 is 1.88 bits per heavy atom. The zero-order valence-corrected chi connectivity index (χ0v) is 34.8. The van der Waals surface area contributed by atoms with Crippen LogP contribution in [0.15, 0.2) is 60.2 Å². The molecule has 59 heavy (non-hydrogen) atoms. The largest absolute Gasteiger partial charge is 0.496 e. The van der Waals surface area contributed by atoms with Crippen LogP contribution in [0.25, 0.3) is 10.9 Å². The highest BCUT2D eigenvalue weighted by Crippen LogP contribution is 2.68. The fourth-order valence-corrected chi connectivity index (χ4v) is 13.0. The number of para-hydroxylation sites is 1. The van der Waals surface area contributed by atoms with Crippen molar-refractivity contribution in [2.45, 2.75) is 87.5 Å². The molecule has 3 aromatic rings. The lowest BCUT2D eigenvalue weighted by Gasteiger charge is -2.63. The molecule has 2 fully saturated rings. The van der Waals surface area contributed by atoms with Gasteiger partial charge in [-0.2, -0.15) is 0 Å². The van der Waals surface area contributed by atoms with Crippen molar-refractivity contribution in [1.29, 1.82) is 0 Å². The van der Waals surface area contributed by atoms with E-state index in [-0.39, 0.29) is 5.92 Å². The van der Waals surface area contributed by atoms with Crippen molar-refractivity contribution in [2.24, 2.45) is 11.3 Å². The number of methoxy groups -OCH3 is 2. The predicted octanol–water partition coefficient (Wildman–Crippen LogP) is 3.90. The molecule has 9 unspecified atom stereocenters. The molecule has 2 bridgehead atoms. The number of fused-ring (bicyclic) bond motifs is 6. The number of hydrogen-bond acceptors (Lipinski definition) is 10. The topological polar surface area (TPSA) is 154 Å². The summed E-state index contributed by atoms with van der Waals surface area (Å²) in [5.41, 5.74) is -0.114. The minimum Gasteiger partial charge on any atom is -0.496 e. The van der Waals surface area contributed by atoms with Crippen LogP contribution in [0.3, 0.4) is 0 Å². The fraction of sp³-hybridized carbons (Fsp3) is 0.522. The number of aromatic nitrogens is 1. The van der Waals surface area contributed by atoms with Crippen LogP contribution in [0.1, 0.15) is 68.8 Å². The first-order valence-corrected chi connectivity index (χ1v) is 21.0. The van der Waals surface area contributed by atoms with Crippen molar-refractivity contribution in [3.05, 3.63) is 82.6 Å². The van der Waals surface area contributed by atoms with Gasteiger partial charge in [0.2, 0.25) is 12.0 Å². The molecular weight excluding hydrogens is 751 g/mol. The number of H-pyrrole nitrogens is 1. The zero-order valence-electron chi connectivity index (χ0n) is 34.8. The number of aromatic amines is 1. The molecule has 13 heteroatoms. The van der Waals surface area contributed by atoms with E-state index in [1.54, 1.807) is 13.2 Å².